The van der Waals surface area contributed by atoms with Gasteiger partial charge in [-0.15, -0.1) is 0 Å². The molecular formula is C27H41N5O4. The van der Waals surface area contributed by atoms with Crippen LogP contribution in [0.25, 0.3) is 0 Å². The maximum Gasteiger partial charge on any atom is 0.250 e. The zero-order valence-corrected chi connectivity index (χ0v) is 22.0. The summed E-state index contributed by atoms with van der Waals surface area (Å²) in [6.45, 7) is 7.56. The Morgan fingerprint density at radius 1 is 1.03 bits per heavy atom. The van der Waals surface area contributed by atoms with Gasteiger partial charge in [0.1, 0.15) is 17.6 Å². The average Bonchev–Trinajstić information content (AvgIpc) is 2.88. The van der Waals surface area contributed by atoms with Gasteiger partial charge in [0.2, 0.25) is 5.91 Å². The minimum Gasteiger partial charge on any atom is -0.497 e. The van der Waals surface area contributed by atoms with Crippen LogP contribution < -0.4 is 31.2 Å². The van der Waals surface area contributed by atoms with Crippen LogP contribution in [0.3, 0.4) is 0 Å². The van der Waals surface area contributed by atoms with Gasteiger partial charge in [0.05, 0.1) is 14.2 Å². The second kappa shape index (κ2) is 14.3. The lowest BCUT2D eigenvalue weighted by atomic mass is 9.97. The third-order valence-corrected chi connectivity index (χ3v) is 6.43. The van der Waals surface area contributed by atoms with Gasteiger partial charge in [0.15, 0.2) is 5.96 Å². The molecule has 9 heteroatoms. The Hall–Kier alpha value is -3.30. The zero-order chi connectivity index (χ0) is 26.7. The van der Waals surface area contributed by atoms with Gasteiger partial charge in [-0.3, -0.25) is 10.2 Å². The van der Waals surface area contributed by atoms with Crippen LogP contribution in [-0.4, -0.2) is 56.4 Å². The summed E-state index contributed by atoms with van der Waals surface area (Å²) < 4.78 is 10.5. The minimum atomic E-state index is -1.28. The van der Waals surface area contributed by atoms with Crippen LogP contribution in [0.15, 0.2) is 30.3 Å². The highest BCUT2D eigenvalue weighted by Crippen LogP contribution is 2.27. The first-order valence-electron chi connectivity index (χ1n) is 12.2. The molecular weight excluding hydrogens is 458 g/mol. The molecule has 0 bridgehead atoms. The summed E-state index contributed by atoms with van der Waals surface area (Å²) in [5.74, 6) is 1.39. The second-order valence-electron chi connectivity index (χ2n) is 8.92. The van der Waals surface area contributed by atoms with Crippen LogP contribution in [0, 0.1) is 26.2 Å². The van der Waals surface area contributed by atoms with E-state index in [-0.39, 0.29) is 5.96 Å². The molecule has 0 spiro atoms. The van der Waals surface area contributed by atoms with Gasteiger partial charge >= 0.3 is 0 Å². The van der Waals surface area contributed by atoms with E-state index in [1.54, 1.807) is 14.2 Å². The molecule has 0 saturated heterocycles. The first-order valence-corrected chi connectivity index (χ1v) is 12.2. The number of methoxy groups -OCH3 is 2. The van der Waals surface area contributed by atoms with E-state index in [9.17, 15) is 9.90 Å². The number of rotatable bonds is 13. The summed E-state index contributed by atoms with van der Waals surface area (Å²) >= 11 is 0. The van der Waals surface area contributed by atoms with Gasteiger partial charge < -0.3 is 36.3 Å². The van der Waals surface area contributed by atoms with E-state index in [2.05, 4.69) is 22.9 Å². The van der Waals surface area contributed by atoms with E-state index in [0.717, 1.165) is 39.3 Å². The molecule has 0 aromatic heterocycles. The van der Waals surface area contributed by atoms with E-state index in [4.69, 9.17) is 20.6 Å². The van der Waals surface area contributed by atoms with Crippen LogP contribution in [0.4, 0.5) is 0 Å². The molecule has 2 atom stereocenters. The second-order valence-corrected chi connectivity index (χ2v) is 8.92. The minimum absolute atomic E-state index is 0.215. The fraction of sp³-hybridized carbons (Fsp3) is 0.481. The zero-order valence-electron chi connectivity index (χ0n) is 22.0. The summed E-state index contributed by atoms with van der Waals surface area (Å²) in [7, 11) is 3.28. The Bertz CT molecular complexity index is 1010. The van der Waals surface area contributed by atoms with Crippen LogP contribution in [0.1, 0.15) is 40.7 Å². The number of hydrogen-bond acceptors (Lipinski definition) is 6. The molecule has 36 heavy (non-hydrogen) atoms. The van der Waals surface area contributed by atoms with Crippen LogP contribution in [0.5, 0.6) is 11.5 Å². The van der Waals surface area contributed by atoms with Crippen molar-refractivity contribution in [2.45, 2.75) is 58.7 Å². The highest BCUT2D eigenvalue weighted by Gasteiger charge is 2.22. The van der Waals surface area contributed by atoms with E-state index >= 15 is 0 Å². The number of carbonyl (C=O) groups is 1. The Morgan fingerprint density at radius 2 is 1.72 bits per heavy atom. The van der Waals surface area contributed by atoms with Crippen LogP contribution in [-0.2, 0) is 17.8 Å². The largest absolute Gasteiger partial charge is 0.497 e. The normalized spacial score (nSPS) is 12.4. The van der Waals surface area contributed by atoms with Crippen LogP contribution >= 0.6 is 0 Å². The quantitative estimate of drug-likeness (QED) is 0.141. The standard InChI is InChI=1S/C27H41N5O4/c1-17-15-24(36-5)19(3)18(2)22(17)16-32-27(29)31-13-6-7-23(28)25(33)26(34)30-14-12-20-8-10-21(35-4)11-9-20/h8-11,15,23,25,33H,6-7,12-14,16,28H2,1-5H3,(H,30,34)(H3,29,31,32)/t23-,25?/m0/s1. The summed E-state index contributed by atoms with van der Waals surface area (Å²) in [4.78, 5) is 12.2. The highest BCUT2D eigenvalue weighted by molar-refractivity contribution is 5.81. The molecule has 0 aliphatic rings. The highest BCUT2D eigenvalue weighted by atomic mass is 16.5. The van der Waals surface area contributed by atoms with Gasteiger partial charge in [-0.25, -0.2) is 0 Å². The third-order valence-electron chi connectivity index (χ3n) is 6.43. The number of aliphatic hydroxyl groups is 1. The maximum atomic E-state index is 12.2. The molecule has 198 valence electrons. The SMILES string of the molecule is COc1ccc(CCNC(=O)C(O)[C@@H](N)CCCNC(=N)NCc2c(C)cc(OC)c(C)c2C)cc1. The Labute approximate surface area is 214 Å². The molecule has 0 aliphatic carbocycles. The van der Waals surface area contributed by atoms with E-state index < -0.39 is 18.1 Å². The van der Waals surface area contributed by atoms with Gasteiger partial charge in [-0.05, 0) is 86.1 Å². The first-order chi connectivity index (χ1) is 17.2. The first kappa shape index (κ1) is 28.9. The lowest BCUT2D eigenvalue weighted by Crippen LogP contribution is -2.47. The van der Waals surface area contributed by atoms with Gasteiger partial charge in [0.25, 0.3) is 0 Å². The number of aliphatic hydroxyl groups excluding tert-OH is 1. The van der Waals surface area contributed by atoms with Crippen molar-refractivity contribution in [3.05, 3.63) is 58.1 Å². The van der Waals surface area contributed by atoms with Crippen molar-refractivity contribution in [2.24, 2.45) is 5.73 Å². The molecule has 0 saturated carbocycles. The van der Waals surface area contributed by atoms with Crippen molar-refractivity contribution >= 4 is 11.9 Å². The molecule has 1 unspecified atom stereocenters. The third kappa shape index (κ3) is 8.42. The summed E-state index contributed by atoms with van der Waals surface area (Å²) in [5.41, 5.74) is 11.6. The number of guanidine groups is 1. The predicted molar refractivity (Wildman–Crippen MR) is 143 cm³/mol. The average molecular weight is 500 g/mol. The molecule has 0 heterocycles. The predicted octanol–water partition coefficient (Wildman–Crippen LogP) is 2.07. The molecule has 2 aromatic rings. The van der Waals surface area contributed by atoms with Gasteiger partial charge in [0, 0.05) is 25.7 Å². The van der Waals surface area contributed by atoms with Crippen molar-refractivity contribution in [1.29, 1.82) is 5.41 Å². The summed E-state index contributed by atoms with van der Waals surface area (Å²) in [5, 5.41) is 27.2. The number of aryl methyl sites for hydroxylation is 1. The lowest BCUT2D eigenvalue weighted by Gasteiger charge is -2.19. The fourth-order valence-electron chi connectivity index (χ4n) is 3.95. The molecule has 9 nitrogen and oxygen atoms in total. The number of benzene rings is 2. The number of carbonyl (C=O) groups excluding carboxylic acids is 1. The molecule has 0 radical (unpaired) electrons. The van der Waals surface area contributed by atoms with Crippen LogP contribution in [0.2, 0.25) is 0 Å². The van der Waals surface area contributed by atoms with Crippen molar-refractivity contribution in [1.82, 2.24) is 16.0 Å². The van der Waals surface area contributed by atoms with E-state index in [1.165, 1.54) is 0 Å². The number of nitrogens with one attached hydrogen (secondary N) is 4. The number of ether oxygens (including phenoxy) is 2. The van der Waals surface area contributed by atoms with Crippen molar-refractivity contribution in [3.63, 3.8) is 0 Å². The number of nitrogens with two attached hydrogens (primary N) is 1. The van der Waals surface area contributed by atoms with Crippen molar-refractivity contribution in [3.8, 4) is 11.5 Å². The molecule has 1 amide bonds. The summed E-state index contributed by atoms with van der Waals surface area (Å²) in [6.07, 6.45) is 0.429. The van der Waals surface area contributed by atoms with Crippen molar-refractivity contribution in [2.75, 3.05) is 27.3 Å². The van der Waals surface area contributed by atoms with Gasteiger partial charge in [-0.1, -0.05) is 12.1 Å². The lowest BCUT2D eigenvalue weighted by molar-refractivity contribution is -0.130. The smallest absolute Gasteiger partial charge is 0.250 e. The van der Waals surface area contributed by atoms with Crippen molar-refractivity contribution < 1.29 is 19.4 Å². The van der Waals surface area contributed by atoms with E-state index in [1.807, 2.05) is 44.2 Å². The molecule has 0 aliphatic heterocycles. The van der Waals surface area contributed by atoms with E-state index in [0.29, 0.717) is 38.9 Å². The Morgan fingerprint density at radius 3 is 2.36 bits per heavy atom. The Kier molecular flexibility index (Phi) is 11.5. The molecule has 0 fully saturated rings. The number of hydrogen-bond donors (Lipinski definition) is 6. The fourth-order valence-corrected chi connectivity index (χ4v) is 3.95. The van der Waals surface area contributed by atoms with Gasteiger partial charge in [-0.2, -0.15) is 0 Å². The topological polar surface area (TPSA) is 142 Å². The molecule has 7 N–H and O–H groups in total. The monoisotopic (exact) mass is 499 g/mol. The summed E-state index contributed by atoms with van der Waals surface area (Å²) in [6, 6.07) is 8.95. The molecule has 2 aromatic carbocycles. The maximum absolute atomic E-state index is 12.2. The molecule has 2 rings (SSSR count). The number of amides is 1. The Balaban J connectivity index is 1.66.